The van der Waals surface area contributed by atoms with Crippen LogP contribution >= 0.6 is 23.2 Å². The summed E-state index contributed by atoms with van der Waals surface area (Å²) in [4.78, 5) is 0.361. The minimum absolute atomic E-state index is 0.121. The Labute approximate surface area is 145 Å². The molecule has 0 aliphatic carbocycles. The summed E-state index contributed by atoms with van der Waals surface area (Å²) in [6.45, 7) is 0. The van der Waals surface area contributed by atoms with E-state index in [1.165, 1.54) is 18.2 Å². The lowest BCUT2D eigenvalue weighted by Gasteiger charge is -2.11. The molecule has 0 aliphatic rings. The van der Waals surface area contributed by atoms with Crippen LogP contribution in [0.1, 0.15) is 0 Å². The highest BCUT2D eigenvalue weighted by Gasteiger charge is 2.22. The van der Waals surface area contributed by atoms with Crippen molar-refractivity contribution in [3.63, 3.8) is 0 Å². The van der Waals surface area contributed by atoms with Crippen molar-refractivity contribution in [3.05, 3.63) is 82.8 Å². The lowest BCUT2D eigenvalue weighted by molar-refractivity contribution is 0.596. The Balaban J connectivity index is 2.20. The van der Waals surface area contributed by atoms with Crippen molar-refractivity contribution < 1.29 is 8.42 Å². The number of hydrogen-bond donors (Lipinski definition) is 0. The summed E-state index contributed by atoms with van der Waals surface area (Å²) in [5, 5.41) is 0.534. The van der Waals surface area contributed by atoms with Crippen LogP contribution in [-0.4, -0.2) is 8.42 Å². The van der Waals surface area contributed by atoms with Crippen molar-refractivity contribution in [3.8, 4) is 11.1 Å². The fourth-order valence-electron chi connectivity index (χ4n) is 2.33. The second-order valence-corrected chi connectivity index (χ2v) is 7.67. The zero-order chi connectivity index (χ0) is 16.4. The van der Waals surface area contributed by atoms with Crippen molar-refractivity contribution in [2.75, 3.05) is 0 Å². The van der Waals surface area contributed by atoms with Crippen LogP contribution in [0.2, 0.25) is 10.0 Å². The number of halogens is 2. The molecule has 3 aromatic rings. The van der Waals surface area contributed by atoms with Crippen molar-refractivity contribution in [2.45, 2.75) is 9.79 Å². The third-order valence-electron chi connectivity index (χ3n) is 3.46. The van der Waals surface area contributed by atoms with Gasteiger partial charge in [-0.1, -0.05) is 71.7 Å². The third-order valence-corrected chi connectivity index (χ3v) is 6.01. The summed E-state index contributed by atoms with van der Waals surface area (Å²) < 4.78 is 26.0. The molecular formula is C18H12Cl2O2S. The highest BCUT2D eigenvalue weighted by Crippen LogP contribution is 2.33. The van der Waals surface area contributed by atoms with E-state index in [2.05, 4.69) is 0 Å². The molecule has 0 heterocycles. The van der Waals surface area contributed by atoms with Crippen LogP contribution in [0.5, 0.6) is 0 Å². The van der Waals surface area contributed by atoms with Crippen LogP contribution in [0.3, 0.4) is 0 Å². The van der Waals surface area contributed by atoms with E-state index < -0.39 is 9.84 Å². The van der Waals surface area contributed by atoms with E-state index in [1.807, 2.05) is 36.4 Å². The van der Waals surface area contributed by atoms with Crippen LogP contribution in [0, 0.1) is 0 Å². The Kier molecular flexibility index (Phi) is 4.44. The van der Waals surface area contributed by atoms with Gasteiger partial charge in [0, 0.05) is 5.56 Å². The van der Waals surface area contributed by atoms with Crippen molar-refractivity contribution in [1.82, 2.24) is 0 Å². The van der Waals surface area contributed by atoms with Crippen LogP contribution < -0.4 is 0 Å². The Morgan fingerprint density at radius 2 is 1.35 bits per heavy atom. The summed E-state index contributed by atoms with van der Waals surface area (Å²) in [5.41, 5.74) is 1.49. The standard InChI is InChI=1S/C18H12Cl2O2S/c19-16-11-10-14(12-17(16)20)23(21,22)18-9-5-4-8-15(18)13-6-2-1-3-7-13/h1-12H. The van der Waals surface area contributed by atoms with E-state index in [4.69, 9.17) is 23.2 Å². The third kappa shape index (κ3) is 3.13. The maximum atomic E-state index is 13.0. The fraction of sp³-hybridized carbons (Fsp3) is 0. The first-order valence-electron chi connectivity index (χ1n) is 6.85. The van der Waals surface area contributed by atoms with Crippen LogP contribution in [0.25, 0.3) is 11.1 Å². The minimum Gasteiger partial charge on any atom is -0.218 e. The van der Waals surface area contributed by atoms with E-state index in [-0.39, 0.29) is 14.8 Å². The molecule has 0 saturated heterocycles. The molecule has 0 saturated carbocycles. The molecule has 0 bridgehead atoms. The summed E-state index contributed by atoms with van der Waals surface area (Å²) in [6.07, 6.45) is 0. The molecule has 116 valence electrons. The van der Waals surface area contributed by atoms with Gasteiger partial charge in [0.1, 0.15) is 0 Å². The highest BCUT2D eigenvalue weighted by atomic mass is 35.5. The highest BCUT2D eigenvalue weighted by molar-refractivity contribution is 7.91. The molecule has 0 N–H and O–H groups in total. The molecule has 2 nitrogen and oxygen atoms in total. The molecule has 0 amide bonds. The van der Waals surface area contributed by atoms with E-state index in [1.54, 1.807) is 18.2 Å². The van der Waals surface area contributed by atoms with Gasteiger partial charge in [0.05, 0.1) is 19.8 Å². The van der Waals surface area contributed by atoms with Gasteiger partial charge in [0.2, 0.25) is 9.84 Å². The maximum absolute atomic E-state index is 13.0. The van der Waals surface area contributed by atoms with Gasteiger partial charge >= 0.3 is 0 Å². The SMILES string of the molecule is O=S(=O)(c1ccc(Cl)c(Cl)c1)c1ccccc1-c1ccccc1. The Morgan fingerprint density at radius 1 is 0.696 bits per heavy atom. The molecule has 0 unspecified atom stereocenters. The number of benzene rings is 3. The van der Waals surface area contributed by atoms with Gasteiger partial charge < -0.3 is 0 Å². The predicted octanol–water partition coefficient (Wildman–Crippen LogP) is 5.49. The van der Waals surface area contributed by atoms with Crippen molar-refractivity contribution in [1.29, 1.82) is 0 Å². The topological polar surface area (TPSA) is 34.1 Å². The van der Waals surface area contributed by atoms with Gasteiger partial charge in [0.15, 0.2) is 0 Å². The average Bonchev–Trinajstić information content (AvgIpc) is 2.58. The zero-order valence-corrected chi connectivity index (χ0v) is 14.2. The van der Waals surface area contributed by atoms with Crippen LogP contribution in [0.15, 0.2) is 82.6 Å². The van der Waals surface area contributed by atoms with Crippen molar-refractivity contribution >= 4 is 33.0 Å². The molecule has 3 rings (SSSR count). The molecule has 0 spiro atoms. The van der Waals surface area contributed by atoms with E-state index in [0.717, 1.165) is 5.56 Å². The maximum Gasteiger partial charge on any atom is 0.207 e. The molecular weight excluding hydrogens is 351 g/mol. The smallest absolute Gasteiger partial charge is 0.207 e. The first kappa shape index (κ1) is 16.1. The quantitative estimate of drug-likeness (QED) is 0.616. The van der Waals surface area contributed by atoms with Gasteiger partial charge in [0.25, 0.3) is 0 Å². The van der Waals surface area contributed by atoms with E-state index in [9.17, 15) is 8.42 Å². The van der Waals surface area contributed by atoms with E-state index in [0.29, 0.717) is 10.6 Å². The number of sulfone groups is 1. The second kappa shape index (κ2) is 6.36. The number of hydrogen-bond acceptors (Lipinski definition) is 2. The Hall–Kier alpha value is -1.81. The van der Waals surface area contributed by atoms with Gasteiger partial charge in [-0.15, -0.1) is 0 Å². The molecule has 23 heavy (non-hydrogen) atoms. The lowest BCUT2D eigenvalue weighted by atomic mass is 10.1. The predicted molar refractivity (Wildman–Crippen MR) is 93.8 cm³/mol. The van der Waals surface area contributed by atoms with Gasteiger partial charge in [-0.3, -0.25) is 0 Å². The molecule has 0 atom stereocenters. The summed E-state index contributed by atoms with van der Waals surface area (Å²) in [5.74, 6) is 0. The molecule has 5 heteroatoms. The molecule has 0 fully saturated rings. The van der Waals surface area contributed by atoms with Crippen LogP contribution in [-0.2, 0) is 9.84 Å². The number of rotatable bonds is 3. The van der Waals surface area contributed by atoms with Crippen molar-refractivity contribution in [2.24, 2.45) is 0 Å². The molecule has 0 radical (unpaired) electrons. The lowest BCUT2D eigenvalue weighted by Crippen LogP contribution is -2.04. The summed E-state index contributed by atoms with van der Waals surface area (Å²) in [6, 6.07) is 20.6. The Morgan fingerprint density at radius 3 is 2.04 bits per heavy atom. The first-order chi connectivity index (χ1) is 11.0. The molecule has 0 aliphatic heterocycles. The minimum atomic E-state index is -3.70. The average molecular weight is 363 g/mol. The molecule has 3 aromatic carbocycles. The van der Waals surface area contributed by atoms with Crippen LogP contribution in [0.4, 0.5) is 0 Å². The van der Waals surface area contributed by atoms with Gasteiger partial charge in [-0.25, -0.2) is 8.42 Å². The summed E-state index contributed by atoms with van der Waals surface area (Å²) >= 11 is 11.8. The first-order valence-corrected chi connectivity index (χ1v) is 9.08. The Bertz CT molecular complexity index is 952. The van der Waals surface area contributed by atoms with E-state index >= 15 is 0 Å². The van der Waals surface area contributed by atoms with Gasteiger partial charge in [-0.2, -0.15) is 0 Å². The largest absolute Gasteiger partial charge is 0.218 e. The normalized spacial score (nSPS) is 11.4. The fourth-order valence-corrected chi connectivity index (χ4v) is 4.20. The van der Waals surface area contributed by atoms with Gasteiger partial charge in [-0.05, 0) is 29.8 Å². The summed E-state index contributed by atoms with van der Waals surface area (Å²) in [7, 11) is -3.70. The monoisotopic (exact) mass is 362 g/mol. The second-order valence-electron chi connectivity index (χ2n) is 4.94. The molecule has 0 aromatic heterocycles. The zero-order valence-electron chi connectivity index (χ0n) is 11.9.